The number of allylic oxidation sites excluding steroid dienone is 1. The van der Waals surface area contributed by atoms with Gasteiger partial charge >= 0.3 is 0 Å². The van der Waals surface area contributed by atoms with Crippen LogP contribution in [0.15, 0.2) is 11.6 Å². The molecule has 0 aliphatic heterocycles. The number of nitrogens with one attached hydrogen (secondary N) is 2. The van der Waals surface area contributed by atoms with Gasteiger partial charge in [-0.25, -0.2) is 0 Å². The van der Waals surface area contributed by atoms with Crippen LogP contribution < -0.4 is 10.6 Å². The molecule has 98 valence electrons. The maximum absolute atomic E-state index is 11.4. The predicted molar refractivity (Wildman–Crippen MR) is 71.9 cm³/mol. The van der Waals surface area contributed by atoms with Crippen LogP contribution in [-0.2, 0) is 4.79 Å². The van der Waals surface area contributed by atoms with Crippen LogP contribution in [0, 0.1) is 5.92 Å². The van der Waals surface area contributed by atoms with Crippen LogP contribution in [0.1, 0.15) is 46.0 Å². The van der Waals surface area contributed by atoms with Crippen molar-refractivity contribution in [2.75, 3.05) is 19.6 Å². The first-order chi connectivity index (χ1) is 8.18. The molecule has 1 rings (SSSR count). The van der Waals surface area contributed by atoms with Crippen molar-refractivity contribution in [1.29, 1.82) is 0 Å². The molecule has 0 heterocycles. The third kappa shape index (κ3) is 7.16. The average molecular weight is 238 g/mol. The summed E-state index contributed by atoms with van der Waals surface area (Å²) in [5.74, 6) is 0.627. The van der Waals surface area contributed by atoms with Crippen molar-refractivity contribution >= 4 is 5.91 Å². The molecule has 0 fully saturated rings. The zero-order chi connectivity index (χ0) is 12.5. The summed E-state index contributed by atoms with van der Waals surface area (Å²) in [5.41, 5.74) is 1.56. The monoisotopic (exact) mass is 238 g/mol. The number of rotatable bonds is 7. The first-order valence-corrected chi connectivity index (χ1v) is 6.84. The Labute approximate surface area is 105 Å². The van der Waals surface area contributed by atoms with Gasteiger partial charge in [-0.3, -0.25) is 4.79 Å². The van der Waals surface area contributed by atoms with E-state index < -0.39 is 0 Å². The van der Waals surface area contributed by atoms with Crippen LogP contribution in [0.2, 0.25) is 0 Å². The molecule has 0 saturated carbocycles. The third-order valence-corrected chi connectivity index (χ3v) is 3.00. The van der Waals surface area contributed by atoms with Gasteiger partial charge in [0.25, 0.3) is 0 Å². The Balaban J connectivity index is 1.99. The van der Waals surface area contributed by atoms with Crippen LogP contribution in [-0.4, -0.2) is 25.5 Å². The number of hydrogen-bond donors (Lipinski definition) is 2. The van der Waals surface area contributed by atoms with E-state index in [4.69, 9.17) is 0 Å². The Morgan fingerprint density at radius 3 is 2.88 bits per heavy atom. The molecular weight excluding hydrogens is 212 g/mol. The second-order valence-electron chi connectivity index (χ2n) is 5.23. The molecular formula is C14H26N2O. The highest BCUT2D eigenvalue weighted by atomic mass is 16.1. The van der Waals surface area contributed by atoms with Gasteiger partial charge in [0.05, 0.1) is 6.54 Å². The molecule has 0 saturated heterocycles. The Bertz CT molecular complexity index is 259. The van der Waals surface area contributed by atoms with Gasteiger partial charge in [0, 0.05) is 6.54 Å². The molecule has 0 radical (unpaired) electrons. The Kier molecular flexibility index (Phi) is 6.94. The molecule has 17 heavy (non-hydrogen) atoms. The first kappa shape index (κ1) is 14.2. The highest BCUT2D eigenvalue weighted by molar-refractivity contribution is 5.77. The van der Waals surface area contributed by atoms with E-state index in [0.29, 0.717) is 12.5 Å². The second kappa shape index (κ2) is 8.29. The Morgan fingerprint density at radius 2 is 2.24 bits per heavy atom. The summed E-state index contributed by atoms with van der Waals surface area (Å²) in [4.78, 5) is 11.4. The van der Waals surface area contributed by atoms with Crippen molar-refractivity contribution in [3.63, 3.8) is 0 Å². The van der Waals surface area contributed by atoms with E-state index in [1.54, 1.807) is 5.57 Å². The highest BCUT2D eigenvalue weighted by Gasteiger charge is 2.04. The zero-order valence-corrected chi connectivity index (χ0v) is 11.2. The highest BCUT2D eigenvalue weighted by Crippen LogP contribution is 2.19. The maximum atomic E-state index is 11.4. The summed E-state index contributed by atoms with van der Waals surface area (Å²) in [6.07, 6.45) is 8.63. The van der Waals surface area contributed by atoms with Crippen LogP contribution in [0.4, 0.5) is 0 Å². The molecule has 0 aromatic carbocycles. The van der Waals surface area contributed by atoms with Crippen molar-refractivity contribution < 1.29 is 4.79 Å². The van der Waals surface area contributed by atoms with E-state index in [-0.39, 0.29) is 5.91 Å². The van der Waals surface area contributed by atoms with Gasteiger partial charge in [0.1, 0.15) is 0 Å². The van der Waals surface area contributed by atoms with Crippen LogP contribution >= 0.6 is 0 Å². The standard InChI is InChI=1S/C14H26N2O/c1-12(2)10-16-14(17)11-15-9-8-13-6-4-3-5-7-13/h6,12,15H,3-5,7-11H2,1-2H3,(H,16,17). The molecule has 0 bridgehead atoms. The van der Waals surface area contributed by atoms with Gasteiger partial charge in [0.15, 0.2) is 0 Å². The molecule has 1 aliphatic rings. The molecule has 2 N–H and O–H groups in total. The maximum Gasteiger partial charge on any atom is 0.233 e. The van der Waals surface area contributed by atoms with Crippen LogP contribution in [0.25, 0.3) is 0 Å². The van der Waals surface area contributed by atoms with Gasteiger partial charge in [-0.1, -0.05) is 25.5 Å². The summed E-state index contributed by atoms with van der Waals surface area (Å²) in [5, 5.41) is 6.11. The molecule has 3 nitrogen and oxygen atoms in total. The normalized spacial score (nSPS) is 15.8. The summed E-state index contributed by atoms with van der Waals surface area (Å²) >= 11 is 0. The van der Waals surface area contributed by atoms with E-state index in [9.17, 15) is 4.79 Å². The molecule has 0 aromatic rings. The summed E-state index contributed by atoms with van der Waals surface area (Å²) in [6, 6.07) is 0. The topological polar surface area (TPSA) is 41.1 Å². The van der Waals surface area contributed by atoms with Crippen molar-refractivity contribution in [2.24, 2.45) is 5.92 Å². The molecule has 3 heteroatoms. The molecule has 1 aliphatic carbocycles. The van der Waals surface area contributed by atoms with E-state index in [1.165, 1.54) is 25.7 Å². The minimum atomic E-state index is 0.108. The SMILES string of the molecule is CC(C)CNC(=O)CNCCC1=CCCCC1. The van der Waals surface area contributed by atoms with Gasteiger partial charge in [0.2, 0.25) is 5.91 Å². The molecule has 0 aromatic heterocycles. The second-order valence-corrected chi connectivity index (χ2v) is 5.23. The van der Waals surface area contributed by atoms with E-state index in [1.807, 2.05) is 0 Å². The van der Waals surface area contributed by atoms with Crippen molar-refractivity contribution in [3.05, 3.63) is 11.6 Å². The van der Waals surface area contributed by atoms with E-state index >= 15 is 0 Å². The van der Waals surface area contributed by atoms with Gasteiger partial charge in [-0.05, 0) is 44.6 Å². The van der Waals surface area contributed by atoms with Crippen LogP contribution in [0.5, 0.6) is 0 Å². The lowest BCUT2D eigenvalue weighted by molar-refractivity contribution is -0.120. The fourth-order valence-corrected chi connectivity index (χ4v) is 1.96. The lowest BCUT2D eigenvalue weighted by Crippen LogP contribution is -2.36. The third-order valence-electron chi connectivity index (χ3n) is 3.00. The average Bonchev–Trinajstić information content (AvgIpc) is 2.33. The minimum absolute atomic E-state index is 0.108. The predicted octanol–water partition coefficient (Wildman–Crippen LogP) is 2.24. The molecule has 0 spiro atoms. The number of carbonyl (C=O) groups is 1. The first-order valence-electron chi connectivity index (χ1n) is 6.84. The summed E-state index contributed by atoms with van der Waals surface area (Å²) in [6.45, 7) is 6.33. The Hall–Kier alpha value is -0.830. The summed E-state index contributed by atoms with van der Waals surface area (Å²) in [7, 11) is 0. The molecule has 0 atom stereocenters. The Morgan fingerprint density at radius 1 is 1.41 bits per heavy atom. The van der Waals surface area contributed by atoms with E-state index in [0.717, 1.165) is 19.5 Å². The lowest BCUT2D eigenvalue weighted by atomic mass is 9.97. The lowest BCUT2D eigenvalue weighted by Gasteiger charge is -2.13. The van der Waals surface area contributed by atoms with Crippen molar-refractivity contribution in [3.8, 4) is 0 Å². The fourth-order valence-electron chi connectivity index (χ4n) is 1.96. The number of hydrogen-bond acceptors (Lipinski definition) is 2. The molecule has 0 unspecified atom stereocenters. The van der Waals surface area contributed by atoms with Gasteiger partial charge in [-0.2, -0.15) is 0 Å². The van der Waals surface area contributed by atoms with Crippen LogP contribution in [0.3, 0.4) is 0 Å². The number of carbonyl (C=O) groups excluding carboxylic acids is 1. The summed E-state index contributed by atoms with van der Waals surface area (Å²) < 4.78 is 0. The number of amides is 1. The van der Waals surface area contributed by atoms with E-state index in [2.05, 4.69) is 30.6 Å². The smallest absolute Gasteiger partial charge is 0.233 e. The quantitative estimate of drug-likeness (QED) is 0.527. The van der Waals surface area contributed by atoms with Crippen molar-refractivity contribution in [2.45, 2.75) is 46.0 Å². The van der Waals surface area contributed by atoms with Gasteiger partial charge < -0.3 is 10.6 Å². The largest absolute Gasteiger partial charge is 0.355 e. The molecule has 1 amide bonds. The van der Waals surface area contributed by atoms with Gasteiger partial charge in [-0.15, -0.1) is 0 Å². The minimum Gasteiger partial charge on any atom is -0.355 e. The van der Waals surface area contributed by atoms with Crippen molar-refractivity contribution in [1.82, 2.24) is 10.6 Å². The zero-order valence-electron chi connectivity index (χ0n) is 11.2. The fraction of sp³-hybridized carbons (Fsp3) is 0.786.